The van der Waals surface area contributed by atoms with E-state index < -0.39 is 23.5 Å². The molecule has 8 heteroatoms. The Morgan fingerprint density at radius 2 is 1.58 bits per heavy atom. The molecule has 0 bridgehead atoms. The Labute approximate surface area is 146 Å². The molecule has 1 amide bonds. The van der Waals surface area contributed by atoms with Crippen molar-refractivity contribution in [3.8, 4) is 0 Å². The van der Waals surface area contributed by atoms with E-state index in [2.05, 4.69) is 10.4 Å². The number of carboxylic acid groups (broad SMARTS) is 1. The van der Waals surface area contributed by atoms with Crippen molar-refractivity contribution in [1.82, 2.24) is 9.78 Å². The second-order valence-electron chi connectivity index (χ2n) is 5.47. The van der Waals surface area contributed by atoms with Gasteiger partial charge in [0.2, 0.25) is 0 Å². The summed E-state index contributed by atoms with van der Waals surface area (Å²) >= 11 is 0. The number of carbonyl (C=O) groups excluding carboxylic acids is 1. The Balaban J connectivity index is 1.87. The summed E-state index contributed by atoms with van der Waals surface area (Å²) < 4.78 is 27.3. The highest BCUT2D eigenvalue weighted by atomic mass is 19.1. The molecule has 26 heavy (non-hydrogen) atoms. The van der Waals surface area contributed by atoms with E-state index >= 15 is 0 Å². The number of carbonyl (C=O) groups is 2. The first-order valence-corrected chi connectivity index (χ1v) is 7.55. The number of benzene rings is 2. The molecule has 0 unspecified atom stereocenters. The van der Waals surface area contributed by atoms with Gasteiger partial charge in [0.15, 0.2) is 5.69 Å². The predicted molar refractivity (Wildman–Crippen MR) is 89.0 cm³/mol. The van der Waals surface area contributed by atoms with E-state index in [1.807, 2.05) is 0 Å². The van der Waals surface area contributed by atoms with Crippen molar-refractivity contribution < 1.29 is 23.5 Å². The predicted octanol–water partition coefficient (Wildman–Crippen LogP) is 3.16. The lowest BCUT2D eigenvalue weighted by Gasteiger charge is -2.09. The molecule has 0 aliphatic carbocycles. The van der Waals surface area contributed by atoms with E-state index in [1.165, 1.54) is 47.1 Å². The fourth-order valence-electron chi connectivity index (χ4n) is 2.29. The van der Waals surface area contributed by atoms with E-state index in [0.717, 1.165) is 12.1 Å². The van der Waals surface area contributed by atoms with Gasteiger partial charge >= 0.3 is 5.97 Å². The van der Waals surface area contributed by atoms with Gasteiger partial charge in [0.25, 0.3) is 5.91 Å². The van der Waals surface area contributed by atoms with Gasteiger partial charge in [-0.25, -0.2) is 18.3 Å². The van der Waals surface area contributed by atoms with Gasteiger partial charge in [0.05, 0.1) is 6.54 Å². The van der Waals surface area contributed by atoms with Gasteiger partial charge in [-0.05, 0) is 42.0 Å². The molecule has 3 aromatic rings. The van der Waals surface area contributed by atoms with Crippen LogP contribution in [-0.2, 0) is 6.54 Å². The molecule has 0 atom stereocenters. The zero-order chi connectivity index (χ0) is 18.7. The zero-order valence-corrected chi connectivity index (χ0v) is 13.3. The minimum atomic E-state index is -1.25. The maximum absolute atomic E-state index is 13.0. The number of rotatable bonds is 5. The second kappa shape index (κ2) is 7.14. The molecule has 0 aliphatic heterocycles. The third kappa shape index (κ3) is 3.92. The number of anilines is 1. The summed E-state index contributed by atoms with van der Waals surface area (Å²) in [5.41, 5.74) is 0.628. The van der Waals surface area contributed by atoms with E-state index in [4.69, 9.17) is 5.11 Å². The quantitative estimate of drug-likeness (QED) is 0.735. The van der Waals surface area contributed by atoms with E-state index in [-0.39, 0.29) is 23.6 Å². The minimum absolute atomic E-state index is 0.132. The number of halogens is 2. The fraction of sp³-hybridized carbons (Fsp3) is 0.0556. The summed E-state index contributed by atoms with van der Waals surface area (Å²) in [4.78, 5) is 23.5. The number of hydrogen-bond donors (Lipinski definition) is 2. The first-order chi connectivity index (χ1) is 12.4. The van der Waals surface area contributed by atoms with Gasteiger partial charge in [0.1, 0.15) is 17.5 Å². The van der Waals surface area contributed by atoms with Crippen LogP contribution in [0.4, 0.5) is 14.6 Å². The molecule has 0 saturated carbocycles. The van der Waals surface area contributed by atoms with Crippen LogP contribution >= 0.6 is 0 Å². The number of hydrogen-bond acceptors (Lipinski definition) is 3. The van der Waals surface area contributed by atoms with Crippen LogP contribution in [0.15, 0.2) is 54.6 Å². The molecule has 132 valence electrons. The van der Waals surface area contributed by atoms with E-state index in [0.29, 0.717) is 5.56 Å². The molecule has 0 fully saturated rings. The molecule has 1 aromatic heterocycles. The van der Waals surface area contributed by atoms with Crippen molar-refractivity contribution in [3.05, 3.63) is 83.1 Å². The van der Waals surface area contributed by atoms with Gasteiger partial charge in [-0.1, -0.05) is 12.1 Å². The molecular weight excluding hydrogens is 344 g/mol. The number of aromatic nitrogens is 2. The third-order valence-electron chi connectivity index (χ3n) is 3.59. The summed E-state index contributed by atoms with van der Waals surface area (Å²) in [6.45, 7) is 0.132. The average molecular weight is 357 g/mol. The lowest BCUT2D eigenvalue weighted by molar-refractivity contribution is 0.0689. The monoisotopic (exact) mass is 357 g/mol. The molecular formula is C18H13F2N3O3. The van der Waals surface area contributed by atoms with Crippen molar-refractivity contribution in [1.29, 1.82) is 0 Å². The van der Waals surface area contributed by atoms with Crippen LogP contribution in [0.2, 0.25) is 0 Å². The molecule has 3 rings (SSSR count). The lowest BCUT2D eigenvalue weighted by atomic mass is 10.2. The van der Waals surface area contributed by atoms with Crippen molar-refractivity contribution >= 4 is 17.7 Å². The normalized spacial score (nSPS) is 10.5. The van der Waals surface area contributed by atoms with Crippen LogP contribution in [0.25, 0.3) is 0 Å². The average Bonchev–Trinajstić information content (AvgIpc) is 3.00. The second-order valence-corrected chi connectivity index (χ2v) is 5.47. The number of amides is 1. The molecule has 2 aromatic carbocycles. The number of carboxylic acids is 1. The Hall–Kier alpha value is -3.55. The molecule has 6 nitrogen and oxygen atoms in total. The number of nitrogens with zero attached hydrogens (tertiary/aromatic N) is 2. The first-order valence-electron chi connectivity index (χ1n) is 7.55. The van der Waals surface area contributed by atoms with Gasteiger partial charge in [-0.15, -0.1) is 0 Å². The Bertz CT molecular complexity index is 951. The summed E-state index contributed by atoms with van der Waals surface area (Å²) in [6.07, 6.45) is 0. The summed E-state index contributed by atoms with van der Waals surface area (Å²) in [5, 5.41) is 15.6. The summed E-state index contributed by atoms with van der Waals surface area (Å²) in [5.74, 6) is -2.51. The van der Waals surface area contributed by atoms with Crippen molar-refractivity contribution in [2.75, 3.05) is 5.32 Å². The highest BCUT2D eigenvalue weighted by Crippen LogP contribution is 2.16. The van der Waals surface area contributed by atoms with Crippen LogP contribution in [-0.4, -0.2) is 26.8 Å². The largest absolute Gasteiger partial charge is 0.476 e. The molecule has 0 saturated heterocycles. The van der Waals surface area contributed by atoms with Crippen molar-refractivity contribution in [2.24, 2.45) is 0 Å². The van der Waals surface area contributed by atoms with Crippen molar-refractivity contribution in [3.63, 3.8) is 0 Å². The van der Waals surface area contributed by atoms with Crippen LogP contribution in [0.1, 0.15) is 26.4 Å². The molecule has 0 spiro atoms. The highest BCUT2D eigenvalue weighted by molar-refractivity contribution is 6.04. The maximum Gasteiger partial charge on any atom is 0.356 e. The number of aromatic carboxylic acids is 1. The van der Waals surface area contributed by atoms with E-state index in [9.17, 15) is 18.4 Å². The molecule has 0 radical (unpaired) electrons. The van der Waals surface area contributed by atoms with Gasteiger partial charge in [-0.2, -0.15) is 5.10 Å². The summed E-state index contributed by atoms with van der Waals surface area (Å²) in [7, 11) is 0. The minimum Gasteiger partial charge on any atom is -0.476 e. The van der Waals surface area contributed by atoms with E-state index in [1.54, 1.807) is 0 Å². The number of nitrogens with one attached hydrogen (secondary N) is 1. The standard InChI is InChI=1S/C18H13F2N3O3/c19-13-5-1-11(2-6-13)10-23-16(9-15(22-23)18(25)26)21-17(24)12-3-7-14(20)8-4-12/h1-9H,10H2,(H,21,24)(H,25,26). The smallest absolute Gasteiger partial charge is 0.356 e. The Morgan fingerprint density at radius 3 is 2.15 bits per heavy atom. The van der Waals surface area contributed by atoms with Crippen molar-refractivity contribution in [2.45, 2.75) is 6.54 Å². The maximum atomic E-state index is 13.0. The first kappa shape index (κ1) is 17.3. The van der Waals surface area contributed by atoms with Gasteiger partial charge in [0, 0.05) is 11.6 Å². The molecule has 2 N–H and O–H groups in total. The molecule has 0 aliphatic rings. The summed E-state index contributed by atoms with van der Waals surface area (Å²) in [6, 6.07) is 11.7. The highest BCUT2D eigenvalue weighted by Gasteiger charge is 2.16. The lowest BCUT2D eigenvalue weighted by Crippen LogP contribution is -2.16. The van der Waals surface area contributed by atoms with Crippen LogP contribution in [0.3, 0.4) is 0 Å². The van der Waals surface area contributed by atoms with Gasteiger partial charge in [-0.3, -0.25) is 4.79 Å². The molecule has 1 heterocycles. The Morgan fingerprint density at radius 1 is 1.00 bits per heavy atom. The fourth-order valence-corrected chi connectivity index (χ4v) is 2.29. The van der Waals surface area contributed by atoms with Crippen LogP contribution < -0.4 is 5.32 Å². The van der Waals surface area contributed by atoms with Gasteiger partial charge < -0.3 is 10.4 Å². The third-order valence-corrected chi connectivity index (χ3v) is 3.59. The van der Waals surface area contributed by atoms with Crippen LogP contribution in [0, 0.1) is 11.6 Å². The topological polar surface area (TPSA) is 84.2 Å². The SMILES string of the molecule is O=C(Nc1cc(C(=O)O)nn1Cc1ccc(F)cc1)c1ccc(F)cc1. The Kier molecular flexibility index (Phi) is 4.74. The van der Waals surface area contributed by atoms with Crippen LogP contribution in [0.5, 0.6) is 0 Å². The zero-order valence-electron chi connectivity index (χ0n) is 13.3.